The number of nitriles is 1. The number of anilines is 2. The molecule has 1 aromatic carbocycles. The minimum absolute atomic E-state index is 0.129. The summed E-state index contributed by atoms with van der Waals surface area (Å²) < 4.78 is 7.77. The van der Waals surface area contributed by atoms with E-state index in [0.717, 1.165) is 36.4 Å². The third-order valence-corrected chi connectivity index (χ3v) is 5.19. The molecule has 1 aliphatic heterocycles. The molecule has 3 rings (SSSR count). The normalized spacial score (nSPS) is 16.1. The van der Waals surface area contributed by atoms with Crippen molar-refractivity contribution in [2.45, 2.75) is 39.3 Å². The van der Waals surface area contributed by atoms with Gasteiger partial charge in [-0.3, -0.25) is 4.79 Å². The maximum atomic E-state index is 12.7. The molecular weight excluding hydrogens is 340 g/mol. The maximum absolute atomic E-state index is 12.7. The van der Waals surface area contributed by atoms with Crippen molar-refractivity contribution in [2.75, 3.05) is 30.4 Å². The van der Waals surface area contributed by atoms with Gasteiger partial charge >= 0.3 is 0 Å². The molecule has 0 radical (unpaired) electrons. The van der Waals surface area contributed by atoms with Gasteiger partial charge in [-0.1, -0.05) is 18.2 Å². The first-order valence-corrected chi connectivity index (χ1v) is 9.28. The van der Waals surface area contributed by atoms with Gasteiger partial charge in [-0.05, 0) is 44.4 Å². The lowest BCUT2D eigenvalue weighted by Crippen LogP contribution is -2.31. The van der Waals surface area contributed by atoms with E-state index in [1.165, 1.54) is 0 Å². The van der Waals surface area contributed by atoms with E-state index in [9.17, 15) is 10.1 Å². The fourth-order valence-corrected chi connectivity index (χ4v) is 3.51. The van der Waals surface area contributed by atoms with E-state index in [4.69, 9.17) is 4.74 Å². The molecule has 1 N–H and O–H groups in total. The van der Waals surface area contributed by atoms with Crippen LogP contribution in [0.4, 0.5) is 11.5 Å². The van der Waals surface area contributed by atoms with Crippen molar-refractivity contribution in [3.8, 4) is 6.07 Å². The number of nitrogens with zero attached hydrogens (tertiary/aromatic N) is 3. The van der Waals surface area contributed by atoms with Gasteiger partial charge in [-0.15, -0.1) is 0 Å². The molecule has 1 aliphatic rings. The average Bonchev–Trinajstić information content (AvgIpc) is 3.25. The molecule has 1 atom stereocenters. The highest BCUT2D eigenvalue weighted by molar-refractivity contribution is 5.95. The molecule has 1 amide bonds. The number of benzene rings is 1. The Morgan fingerprint density at radius 1 is 1.37 bits per heavy atom. The van der Waals surface area contributed by atoms with E-state index in [0.29, 0.717) is 17.9 Å². The summed E-state index contributed by atoms with van der Waals surface area (Å²) >= 11 is 0. The van der Waals surface area contributed by atoms with Crippen LogP contribution in [-0.4, -0.2) is 36.8 Å². The first-order chi connectivity index (χ1) is 13.0. The quantitative estimate of drug-likeness (QED) is 0.852. The van der Waals surface area contributed by atoms with Crippen LogP contribution in [-0.2, 0) is 16.1 Å². The Morgan fingerprint density at radius 3 is 2.74 bits per heavy atom. The summed E-state index contributed by atoms with van der Waals surface area (Å²) in [4.78, 5) is 14.6. The van der Waals surface area contributed by atoms with Crippen LogP contribution in [0.5, 0.6) is 0 Å². The predicted molar refractivity (Wildman–Crippen MR) is 106 cm³/mol. The molecular formula is C21H26N4O2. The number of nitrogens with one attached hydrogen (secondary N) is 1. The Morgan fingerprint density at radius 2 is 2.11 bits per heavy atom. The maximum Gasteiger partial charge on any atom is 0.245 e. The van der Waals surface area contributed by atoms with E-state index in [-0.39, 0.29) is 18.6 Å². The molecule has 2 aromatic rings. The Labute approximate surface area is 160 Å². The predicted octanol–water partition coefficient (Wildman–Crippen LogP) is 3.23. The lowest BCUT2D eigenvalue weighted by Gasteiger charge is -2.20. The van der Waals surface area contributed by atoms with E-state index in [1.54, 1.807) is 0 Å². The molecule has 6 heteroatoms. The number of likely N-dealkylation sites (N-methyl/N-ethyl adjacent to an activating group) is 1. The van der Waals surface area contributed by atoms with Crippen molar-refractivity contribution < 1.29 is 9.53 Å². The highest BCUT2D eigenvalue weighted by atomic mass is 16.5. The second kappa shape index (κ2) is 8.28. The molecule has 1 fully saturated rings. The molecule has 1 saturated heterocycles. The Bertz CT molecular complexity index is 845. The molecule has 0 aliphatic carbocycles. The summed E-state index contributed by atoms with van der Waals surface area (Å²) in [6, 6.07) is 12.0. The number of carbonyl (C=O) groups excluding carboxylic acids is 1. The summed E-state index contributed by atoms with van der Waals surface area (Å²) in [7, 11) is 1.88. The summed E-state index contributed by atoms with van der Waals surface area (Å²) in [6.07, 6.45) is 2.19. The lowest BCUT2D eigenvalue weighted by atomic mass is 10.2. The zero-order valence-corrected chi connectivity index (χ0v) is 16.2. The van der Waals surface area contributed by atoms with Gasteiger partial charge in [-0.25, -0.2) is 0 Å². The van der Waals surface area contributed by atoms with E-state index in [1.807, 2.05) is 60.7 Å². The number of aromatic nitrogens is 1. The van der Waals surface area contributed by atoms with Crippen LogP contribution >= 0.6 is 0 Å². The lowest BCUT2D eigenvalue weighted by molar-refractivity contribution is -0.115. The molecule has 0 bridgehead atoms. The smallest absolute Gasteiger partial charge is 0.245 e. The summed E-state index contributed by atoms with van der Waals surface area (Å²) in [5.41, 5.74) is 3.40. The molecule has 1 aromatic heterocycles. The summed E-state index contributed by atoms with van der Waals surface area (Å²) in [5.74, 6) is 0.429. The Balaban J connectivity index is 1.79. The van der Waals surface area contributed by atoms with Crippen LogP contribution in [0.2, 0.25) is 0 Å². The highest BCUT2D eigenvalue weighted by Crippen LogP contribution is 2.28. The van der Waals surface area contributed by atoms with E-state index >= 15 is 0 Å². The molecule has 2 heterocycles. The summed E-state index contributed by atoms with van der Waals surface area (Å²) in [5, 5.41) is 12.6. The van der Waals surface area contributed by atoms with Gasteiger partial charge in [-0.2, -0.15) is 5.26 Å². The van der Waals surface area contributed by atoms with Crippen LogP contribution in [0.25, 0.3) is 0 Å². The van der Waals surface area contributed by atoms with Crippen molar-refractivity contribution in [2.24, 2.45) is 0 Å². The molecule has 0 unspecified atom stereocenters. The number of hydrogen-bond donors (Lipinski definition) is 1. The number of para-hydroxylation sites is 1. The number of hydrogen-bond acceptors (Lipinski definition) is 4. The monoisotopic (exact) mass is 366 g/mol. The van der Waals surface area contributed by atoms with E-state index < -0.39 is 0 Å². The van der Waals surface area contributed by atoms with Crippen molar-refractivity contribution in [3.05, 3.63) is 47.2 Å². The molecule has 0 saturated carbocycles. The molecule has 0 spiro atoms. The van der Waals surface area contributed by atoms with Gasteiger partial charge < -0.3 is 19.5 Å². The van der Waals surface area contributed by atoms with Crippen LogP contribution in [0.1, 0.15) is 29.7 Å². The minimum atomic E-state index is -0.149. The number of ether oxygens (including phenoxy) is 1. The zero-order valence-electron chi connectivity index (χ0n) is 16.2. The molecule has 142 valence electrons. The standard InChI is InChI=1S/C21H26N4O2/c1-15-16(2)25(13-18-10-7-11-27-18)21(19(15)12-22)23-20(26)14-24(3)17-8-5-4-6-9-17/h4-6,8-9,18H,7,10-11,13-14H2,1-3H3,(H,23,26)/t18-/m0/s1. The van der Waals surface area contributed by atoms with Crippen molar-refractivity contribution in [1.82, 2.24) is 4.57 Å². The number of rotatable bonds is 6. The van der Waals surface area contributed by atoms with Gasteiger partial charge in [0.2, 0.25) is 5.91 Å². The molecule has 6 nitrogen and oxygen atoms in total. The fourth-order valence-electron chi connectivity index (χ4n) is 3.51. The van der Waals surface area contributed by atoms with Crippen LogP contribution < -0.4 is 10.2 Å². The fraction of sp³-hybridized carbons (Fsp3) is 0.429. The van der Waals surface area contributed by atoms with Crippen molar-refractivity contribution >= 4 is 17.4 Å². The highest BCUT2D eigenvalue weighted by Gasteiger charge is 2.24. The van der Waals surface area contributed by atoms with Gasteiger partial charge in [0, 0.05) is 25.0 Å². The number of carbonyl (C=O) groups is 1. The molecule has 27 heavy (non-hydrogen) atoms. The third kappa shape index (κ3) is 4.15. The van der Waals surface area contributed by atoms with Crippen LogP contribution in [0, 0.1) is 25.2 Å². The van der Waals surface area contributed by atoms with Gasteiger partial charge in [0.15, 0.2) is 0 Å². The first-order valence-electron chi connectivity index (χ1n) is 9.28. The average molecular weight is 366 g/mol. The third-order valence-electron chi connectivity index (χ3n) is 5.19. The first kappa shape index (κ1) is 19.0. The second-order valence-corrected chi connectivity index (χ2v) is 7.03. The van der Waals surface area contributed by atoms with Gasteiger partial charge in [0.25, 0.3) is 0 Å². The van der Waals surface area contributed by atoms with E-state index in [2.05, 4.69) is 11.4 Å². The van der Waals surface area contributed by atoms with Crippen molar-refractivity contribution in [3.63, 3.8) is 0 Å². The summed E-state index contributed by atoms with van der Waals surface area (Å²) in [6.45, 7) is 5.54. The zero-order chi connectivity index (χ0) is 19.4. The van der Waals surface area contributed by atoms with Crippen LogP contribution in [0.3, 0.4) is 0 Å². The minimum Gasteiger partial charge on any atom is -0.376 e. The topological polar surface area (TPSA) is 70.3 Å². The van der Waals surface area contributed by atoms with Crippen molar-refractivity contribution in [1.29, 1.82) is 5.26 Å². The SMILES string of the molecule is Cc1c(C#N)c(NC(=O)CN(C)c2ccccc2)n(C[C@@H]2CCCO2)c1C. The Hall–Kier alpha value is -2.78. The Kier molecular flexibility index (Phi) is 5.82. The second-order valence-electron chi connectivity index (χ2n) is 7.03. The largest absolute Gasteiger partial charge is 0.376 e. The van der Waals surface area contributed by atoms with Gasteiger partial charge in [0.1, 0.15) is 11.9 Å². The number of amides is 1. The van der Waals surface area contributed by atoms with Gasteiger partial charge in [0.05, 0.1) is 24.8 Å². The van der Waals surface area contributed by atoms with Crippen LogP contribution in [0.15, 0.2) is 30.3 Å².